The zero-order chi connectivity index (χ0) is 9.68. The lowest BCUT2D eigenvalue weighted by Crippen LogP contribution is -2.36. The summed E-state index contributed by atoms with van der Waals surface area (Å²) in [6, 6.07) is 0. The number of rotatable bonds is 4. The van der Waals surface area contributed by atoms with Crippen molar-refractivity contribution in [3.8, 4) is 0 Å². The molecule has 1 aliphatic rings. The van der Waals surface area contributed by atoms with Crippen molar-refractivity contribution < 1.29 is 0 Å². The van der Waals surface area contributed by atoms with E-state index in [1.807, 2.05) is 0 Å². The van der Waals surface area contributed by atoms with E-state index in [4.69, 9.17) is 0 Å². The van der Waals surface area contributed by atoms with Gasteiger partial charge in [0, 0.05) is 6.54 Å². The lowest BCUT2D eigenvalue weighted by atomic mass is 9.95. The van der Waals surface area contributed by atoms with Crippen molar-refractivity contribution in [2.75, 3.05) is 19.6 Å². The molecule has 1 atom stereocenters. The van der Waals surface area contributed by atoms with Gasteiger partial charge in [0.15, 0.2) is 0 Å². The second-order valence-electron chi connectivity index (χ2n) is 4.90. The highest BCUT2D eigenvalue weighted by Gasteiger charge is 2.17. The maximum atomic E-state index is 2.66. The van der Waals surface area contributed by atoms with Crippen LogP contribution in [0.25, 0.3) is 0 Å². The summed E-state index contributed by atoms with van der Waals surface area (Å²) in [6.07, 6.45) is 5.64. The Bertz CT molecular complexity index is 131. The van der Waals surface area contributed by atoms with Gasteiger partial charge in [0.25, 0.3) is 0 Å². The molecule has 1 rings (SSSR count). The van der Waals surface area contributed by atoms with Gasteiger partial charge < -0.3 is 4.90 Å². The fourth-order valence-electron chi connectivity index (χ4n) is 2.13. The molecule has 1 heterocycles. The Morgan fingerprint density at radius 3 is 2.77 bits per heavy atom. The second-order valence-corrected chi connectivity index (χ2v) is 4.90. The van der Waals surface area contributed by atoms with Gasteiger partial charge >= 0.3 is 0 Å². The lowest BCUT2D eigenvalue weighted by molar-refractivity contribution is 0.164. The van der Waals surface area contributed by atoms with Crippen LogP contribution in [0.5, 0.6) is 0 Å². The Labute approximate surface area is 83.5 Å². The first-order valence-corrected chi connectivity index (χ1v) is 5.94. The molecule has 13 heavy (non-hydrogen) atoms. The Morgan fingerprint density at radius 1 is 1.38 bits per heavy atom. The molecule has 0 radical (unpaired) electrons. The molecule has 1 aliphatic heterocycles. The topological polar surface area (TPSA) is 3.24 Å². The summed E-state index contributed by atoms with van der Waals surface area (Å²) in [7, 11) is 0. The molecule has 0 spiro atoms. The van der Waals surface area contributed by atoms with Crippen molar-refractivity contribution in [1.29, 1.82) is 0 Å². The summed E-state index contributed by atoms with van der Waals surface area (Å²) < 4.78 is 0. The molecule has 0 bridgehead atoms. The molecule has 0 saturated carbocycles. The van der Waals surface area contributed by atoms with Gasteiger partial charge in [-0.05, 0) is 44.2 Å². The third kappa shape index (κ3) is 4.12. The Hall–Kier alpha value is -0.0400. The maximum Gasteiger partial charge on any atom is 0.000956 e. The summed E-state index contributed by atoms with van der Waals surface area (Å²) >= 11 is 0. The van der Waals surface area contributed by atoms with Crippen LogP contribution in [0.3, 0.4) is 0 Å². The summed E-state index contributed by atoms with van der Waals surface area (Å²) in [5, 5.41) is 0. The first kappa shape index (κ1) is 11.0. The number of nitrogens with zero attached hydrogens (tertiary/aromatic N) is 1. The largest absolute Gasteiger partial charge is 0.303 e. The molecule has 1 fully saturated rings. The molecule has 0 amide bonds. The van der Waals surface area contributed by atoms with E-state index in [9.17, 15) is 0 Å². The Morgan fingerprint density at radius 2 is 2.15 bits per heavy atom. The van der Waals surface area contributed by atoms with Crippen molar-refractivity contribution in [2.45, 2.75) is 46.5 Å². The van der Waals surface area contributed by atoms with E-state index in [1.165, 1.54) is 45.3 Å². The number of piperidine rings is 1. The SMILES string of the molecule is CC[C@H]1CCCN(CCC(C)C)C1. The number of hydrogen-bond donors (Lipinski definition) is 0. The van der Waals surface area contributed by atoms with E-state index >= 15 is 0 Å². The summed E-state index contributed by atoms with van der Waals surface area (Å²) in [4.78, 5) is 2.66. The molecule has 0 unspecified atom stereocenters. The minimum Gasteiger partial charge on any atom is -0.303 e. The monoisotopic (exact) mass is 183 g/mol. The third-order valence-electron chi connectivity index (χ3n) is 3.20. The van der Waals surface area contributed by atoms with Crippen LogP contribution in [0, 0.1) is 11.8 Å². The minimum absolute atomic E-state index is 0.863. The second kappa shape index (κ2) is 5.64. The van der Waals surface area contributed by atoms with E-state index in [1.54, 1.807) is 0 Å². The van der Waals surface area contributed by atoms with Crippen LogP contribution in [0.1, 0.15) is 46.5 Å². The van der Waals surface area contributed by atoms with Crippen LogP contribution in [0.2, 0.25) is 0 Å². The van der Waals surface area contributed by atoms with Gasteiger partial charge in [-0.25, -0.2) is 0 Å². The molecular formula is C12H25N. The highest BCUT2D eigenvalue weighted by molar-refractivity contribution is 4.72. The smallest absolute Gasteiger partial charge is 0.000956 e. The fraction of sp³-hybridized carbons (Fsp3) is 1.00. The summed E-state index contributed by atoms with van der Waals surface area (Å²) in [5.74, 6) is 1.85. The van der Waals surface area contributed by atoms with Crippen LogP contribution in [-0.4, -0.2) is 24.5 Å². The van der Waals surface area contributed by atoms with Crippen molar-refractivity contribution in [3.63, 3.8) is 0 Å². The van der Waals surface area contributed by atoms with E-state index in [0.717, 1.165) is 11.8 Å². The Kier molecular flexibility index (Phi) is 4.79. The predicted molar refractivity (Wildman–Crippen MR) is 58.9 cm³/mol. The van der Waals surface area contributed by atoms with Gasteiger partial charge in [0.1, 0.15) is 0 Å². The predicted octanol–water partition coefficient (Wildman–Crippen LogP) is 3.15. The molecule has 1 nitrogen and oxygen atoms in total. The van der Waals surface area contributed by atoms with Crippen molar-refractivity contribution in [3.05, 3.63) is 0 Å². The molecule has 0 aromatic heterocycles. The quantitative estimate of drug-likeness (QED) is 0.647. The van der Waals surface area contributed by atoms with Crippen LogP contribution in [0.4, 0.5) is 0 Å². The van der Waals surface area contributed by atoms with Crippen molar-refractivity contribution in [2.24, 2.45) is 11.8 Å². The van der Waals surface area contributed by atoms with Crippen LogP contribution >= 0.6 is 0 Å². The highest BCUT2D eigenvalue weighted by atomic mass is 15.1. The average molecular weight is 183 g/mol. The van der Waals surface area contributed by atoms with Gasteiger partial charge in [0.05, 0.1) is 0 Å². The standard InChI is InChI=1S/C12H25N/c1-4-12-6-5-8-13(10-12)9-7-11(2)3/h11-12H,4-10H2,1-3H3/t12-/m0/s1. The van der Waals surface area contributed by atoms with Crippen LogP contribution in [0.15, 0.2) is 0 Å². The lowest BCUT2D eigenvalue weighted by Gasteiger charge is -2.32. The average Bonchev–Trinajstić information content (AvgIpc) is 2.15. The highest BCUT2D eigenvalue weighted by Crippen LogP contribution is 2.19. The molecular weight excluding hydrogens is 158 g/mol. The van der Waals surface area contributed by atoms with Crippen molar-refractivity contribution in [1.82, 2.24) is 4.90 Å². The van der Waals surface area contributed by atoms with Gasteiger partial charge in [-0.2, -0.15) is 0 Å². The molecule has 78 valence electrons. The van der Waals surface area contributed by atoms with Gasteiger partial charge in [-0.3, -0.25) is 0 Å². The normalized spacial score (nSPS) is 25.4. The third-order valence-corrected chi connectivity index (χ3v) is 3.20. The fourth-order valence-corrected chi connectivity index (χ4v) is 2.13. The van der Waals surface area contributed by atoms with Crippen LogP contribution in [-0.2, 0) is 0 Å². The van der Waals surface area contributed by atoms with E-state index in [-0.39, 0.29) is 0 Å². The summed E-state index contributed by atoms with van der Waals surface area (Å²) in [6.45, 7) is 11.0. The molecule has 0 aromatic rings. The van der Waals surface area contributed by atoms with E-state index < -0.39 is 0 Å². The zero-order valence-electron chi connectivity index (χ0n) is 9.55. The van der Waals surface area contributed by atoms with Gasteiger partial charge in [0.2, 0.25) is 0 Å². The zero-order valence-corrected chi connectivity index (χ0v) is 9.55. The first-order chi connectivity index (χ1) is 6.22. The van der Waals surface area contributed by atoms with Crippen LogP contribution < -0.4 is 0 Å². The van der Waals surface area contributed by atoms with Gasteiger partial charge in [-0.1, -0.05) is 27.2 Å². The maximum absolute atomic E-state index is 2.66. The van der Waals surface area contributed by atoms with E-state index in [0.29, 0.717) is 0 Å². The summed E-state index contributed by atoms with van der Waals surface area (Å²) in [5.41, 5.74) is 0. The molecule has 0 aliphatic carbocycles. The number of likely N-dealkylation sites (tertiary alicyclic amines) is 1. The Balaban J connectivity index is 2.18. The molecule has 0 aromatic carbocycles. The molecule has 1 saturated heterocycles. The van der Waals surface area contributed by atoms with Gasteiger partial charge in [-0.15, -0.1) is 0 Å². The van der Waals surface area contributed by atoms with E-state index in [2.05, 4.69) is 25.7 Å². The number of hydrogen-bond acceptors (Lipinski definition) is 1. The minimum atomic E-state index is 0.863. The van der Waals surface area contributed by atoms with Crippen molar-refractivity contribution >= 4 is 0 Å². The first-order valence-electron chi connectivity index (χ1n) is 5.94. The molecule has 0 N–H and O–H groups in total. The molecule has 1 heteroatoms.